The molecule has 18 heavy (non-hydrogen) atoms. The smallest absolute Gasteiger partial charge is 0.329 e. The molecule has 98 valence electrons. The van der Waals surface area contributed by atoms with Gasteiger partial charge in [0.1, 0.15) is 6.20 Å². The van der Waals surface area contributed by atoms with Crippen molar-refractivity contribution in [2.75, 3.05) is 18.2 Å². The van der Waals surface area contributed by atoms with Crippen molar-refractivity contribution in [1.29, 1.82) is 0 Å². The number of anilines is 2. The van der Waals surface area contributed by atoms with Crippen LogP contribution in [0.4, 0.5) is 17.5 Å². The fourth-order valence-corrected chi connectivity index (χ4v) is 2.07. The maximum absolute atomic E-state index is 10.6. The molecule has 8 heteroatoms. The van der Waals surface area contributed by atoms with Gasteiger partial charge >= 0.3 is 5.69 Å². The van der Waals surface area contributed by atoms with Crippen molar-refractivity contribution in [3.05, 3.63) is 16.3 Å². The first-order valence-corrected chi connectivity index (χ1v) is 5.66. The summed E-state index contributed by atoms with van der Waals surface area (Å²) in [7, 11) is 1.69. The normalized spacial score (nSPS) is 22.9. The molecule has 1 aliphatic carbocycles. The first-order chi connectivity index (χ1) is 8.60. The molecule has 0 spiro atoms. The van der Waals surface area contributed by atoms with E-state index in [2.05, 4.69) is 15.3 Å². The highest BCUT2D eigenvalue weighted by molar-refractivity contribution is 5.53. The molecule has 0 bridgehead atoms. The molecule has 0 aliphatic heterocycles. The SMILES string of the molecule is COC1CCC(Nc2ncc([N+](=O)[O-])c(N)n2)C1. The van der Waals surface area contributed by atoms with E-state index < -0.39 is 4.92 Å². The van der Waals surface area contributed by atoms with E-state index in [1.54, 1.807) is 7.11 Å². The minimum absolute atomic E-state index is 0.126. The average Bonchev–Trinajstić information content (AvgIpc) is 2.76. The Kier molecular flexibility index (Phi) is 3.56. The lowest BCUT2D eigenvalue weighted by Crippen LogP contribution is -2.19. The fraction of sp³-hybridized carbons (Fsp3) is 0.600. The van der Waals surface area contributed by atoms with E-state index in [0.29, 0.717) is 5.95 Å². The maximum atomic E-state index is 10.6. The number of hydrogen-bond donors (Lipinski definition) is 2. The van der Waals surface area contributed by atoms with E-state index in [1.165, 1.54) is 0 Å². The van der Waals surface area contributed by atoms with Gasteiger partial charge in [-0.1, -0.05) is 0 Å². The molecule has 0 amide bonds. The van der Waals surface area contributed by atoms with Crippen LogP contribution in [-0.2, 0) is 4.74 Å². The third-order valence-corrected chi connectivity index (χ3v) is 3.05. The highest BCUT2D eigenvalue weighted by Gasteiger charge is 2.25. The summed E-state index contributed by atoms with van der Waals surface area (Å²) in [4.78, 5) is 17.7. The molecule has 1 fully saturated rings. The molecule has 1 heterocycles. The number of aromatic nitrogens is 2. The number of nitrogens with zero attached hydrogens (tertiary/aromatic N) is 3. The van der Waals surface area contributed by atoms with Crippen LogP contribution in [-0.4, -0.2) is 34.1 Å². The summed E-state index contributed by atoms with van der Waals surface area (Å²) in [6.07, 6.45) is 4.18. The molecule has 0 radical (unpaired) electrons. The Bertz CT molecular complexity index is 453. The second kappa shape index (κ2) is 5.13. The summed E-state index contributed by atoms with van der Waals surface area (Å²) < 4.78 is 5.26. The van der Waals surface area contributed by atoms with Crippen LogP contribution in [0.3, 0.4) is 0 Å². The molecule has 8 nitrogen and oxygen atoms in total. The number of methoxy groups -OCH3 is 1. The van der Waals surface area contributed by atoms with Crippen molar-refractivity contribution in [1.82, 2.24) is 9.97 Å². The quantitative estimate of drug-likeness (QED) is 0.606. The first-order valence-electron chi connectivity index (χ1n) is 5.66. The molecular weight excluding hydrogens is 238 g/mol. The molecule has 2 unspecified atom stereocenters. The van der Waals surface area contributed by atoms with Gasteiger partial charge in [-0.3, -0.25) is 10.1 Å². The Hall–Kier alpha value is -1.96. The lowest BCUT2D eigenvalue weighted by molar-refractivity contribution is -0.384. The van der Waals surface area contributed by atoms with Gasteiger partial charge in [0.05, 0.1) is 11.0 Å². The Labute approximate surface area is 104 Å². The predicted molar refractivity (Wildman–Crippen MR) is 65.2 cm³/mol. The van der Waals surface area contributed by atoms with E-state index in [4.69, 9.17) is 10.5 Å². The number of nitrogens with one attached hydrogen (secondary N) is 1. The van der Waals surface area contributed by atoms with E-state index in [-0.39, 0.29) is 23.7 Å². The van der Waals surface area contributed by atoms with Gasteiger partial charge in [0.2, 0.25) is 11.8 Å². The van der Waals surface area contributed by atoms with E-state index >= 15 is 0 Å². The van der Waals surface area contributed by atoms with Gasteiger partial charge in [0.15, 0.2) is 0 Å². The molecular formula is C10H15N5O3. The molecule has 1 aliphatic rings. The predicted octanol–water partition coefficient (Wildman–Crippen LogP) is 0.946. The molecule has 1 aromatic heterocycles. The van der Waals surface area contributed by atoms with Crippen molar-refractivity contribution in [3.8, 4) is 0 Å². The number of rotatable bonds is 4. The van der Waals surface area contributed by atoms with E-state index in [9.17, 15) is 10.1 Å². The molecule has 0 saturated heterocycles. The van der Waals surface area contributed by atoms with E-state index in [0.717, 1.165) is 25.5 Å². The van der Waals surface area contributed by atoms with Gasteiger partial charge in [0, 0.05) is 13.2 Å². The lowest BCUT2D eigenvalue weighted by atomic mass is 10.2. The average molecular weight is 253 g/mol. The number of hydrogen-bond acceptors (Lipinski definition) is 7. The largest absolute Gasteiger partial charge is 0.381 e. The zero-order valence-electron chi connectivity index (χ0n) is 10.00. The zero-order chi connectivity index (χ0) is 13.1. The topological polar surface area (TPSA) is 116 Å². The van der Waals surface area contributed by atoms with Crippen LogP contribution in [0.1, 0.15) is 19.3 Å². The minimum Gasteiger partial charge on any atom is -0.381 e. The monoisotopic (exact) mass is 253 g/mol. The van der Waals surface area contributed by atoms with Crippen LogP contribution in [0.25, 0.3) is 0 Å². The summed E-state index contributed by atoms with van der Waals surface area (Å²) in [6, 6.07) is 0.218. The van der Waals surface area contributed by atoms with Crippen molar-refractivity contribution in [3.63, 3.8) is 0 Å². The van der Waals surface area contributed by atoms with Crippen molar-refractivity contribution < 1.29 is 9.66 Å². The van der Waals surface area contributed by atoms with Gasteiger partial charge in [-0.15, -0.1) is 0 Å². The zero-order valence-corrected chi connectivity index (χ0v) is 10.00. The van der Waals surface area contributed by atoms with Gasteiger partial charge in [-0.25, -0.2) is 4.98 Å². The summed E-state index contributed by atoms with van der Waals surface area (Å²) >= 11 is 0. The molecule has 0 aromatic carbocycles. The number of nitrogens with two attached hydrogens (primary N) is 1. The van der Waals surface area contributed by atoms with Gasteiger partial charge in [-0.2, -0.15) is 4.98 Å². The van der Waals surface area contributed by atoms with Crippen LogP contribution < -0.4 is 11.1 Å². The molecule has 1 aromatic rings. The van der Waals surface area contributed by atoms with Gasteiger partial charge in [0.25, 0.3) is 0 Å². The Morgan fingerprint density at radius 2 is 2.39 bits per heavy atom. The molecule has 2 rings (SSSR count). The van der Waals surface area contributed by atoms with Crippen LogP contribution >= 0.6 is 0 Å². The Morgan fingerprint density at radius 3 is 2.94 bits per heavy atom. The number of ether oxygens (including phenoxy) is 1. The molecule has 3 N–H and O–H groups in total. The van der Waals surface area contributed by atoms with Crippen LogP contribution in [0.2, 0.25) is 0 Å². The highest BCUT2D eigenvalue weighted by Crippen LogP contribution is 2.25. The standard InChI is InChI=1S/C10H15N5O3/c1-18-7-3-2-6(4-7)13-10-12-5-8(15(16)17)9(11)14-10/h5-7H,2-4H2,1H3,(H3,11,12,13,14). The van der Waals surface area contributed by atoms with Crippen molar-refractivity contribution >= 4 is 17.5 Å². The first kappa shape index (κ1) is 12.5. The van der Waals surface area contributed by atoms with E-state index in [1.807, 2.05) is 0 Å². The molecule has 2 atom stereocenters. The minimum atomic E-state index is -0.602. The second-order valence-electron chi connectivity index (χ2n) is 4.23. The van der Waals surface area contributed by atoms with Crippen LogP contribution in [0, 0.1) is 10.1 Å². The van der Waals surface area contributed by atoms with Crippen LogP contribution in [0.15, 0.2) is 6.20 Å². The third-order valence-electron chi connectivity index (χ3n) is 3.05. The molecule has 1 saturated carbocycles. The Morgan fingerprint density at radius 1 is 1.61 bits per heavy atom. The lowest BCUT2D eigenvalue weighted by Gasteiger charge is -2.12. The summed E-state index contributed by atoms with van der Waals surface area (Å²) in [5.74, 6) is 0.193. The number of nitro groups is 1. The number of nitrogen functional groups attached to an aromatic ring is 1. The Balaban J connectivity index is 2.02. The second-order valence-corrected chi connectivity index (χ2v) is 4.23. The van der Waals surface area contributed by atoms with Crippen molar-refractivity contribution in [2.24, 2.45) is 0 Å². The van der Waals surface area contributed by atoms with Crippen LogP contribution in [0.5, 0.6) is 0 Å². The summed E-state index contributed by atoms with van der Waals surface area (Å²) in [6.45, 7) is 0. The third kappa shape index (κ3) is 2.65. The summed E-state index contributed by atoms with van der Waals surface area (Å²) in [5, 5.41) is 13.7. The summed E-state index contributed by atoms with van der Waals surface area (Å²) in [5.41, 5.74) is 5.22. The fourth-order valence-electron chi connectivity index (χ4n) is 2.07. The van der Waals surface area contributed by atoms with Gasteiger partial charge < -0.3 is 15.8 Å². The van der Waals surface area contributed by atoms with Gasteiger partial charge in [-0.05, 0) is 19.3 Å². The van der Waals surface area contributed by atoms with Crippen molar-refractivity contribution in [2.45, 2.75) is 31.4 Å². The highest BCUT2D eigenvalue weighted by atomic mass is 16.6. The maximum Gasteiger partial charge on any atom is 0.329 e.